The van der Waals surface area contributed by atoms with Crippen molar-refractivity contribution in [1.82, 2.24) is 0 Å². The first-order chi connectivity index (χ1) is 35.6. The standard InChI is InChI=1S/C15H10F6O6S2.C13H12F6O7S2.C12H10F2O7S/c1-2-9-7-8-12(11-6-4-3-5-10(9)11)27-29(25,26)15(20,21)13(16,17)14(18,19)28(22,23)24;1-2-9-3-5-10(6-4-9)25-7-8-26-28(23,24)13(18,19)11(14,15)12(16,17)27(20,21)22;1-2-8-3-5-9(6-4-8)21-10(15)7-20-11(16)12(13,14)22(17,18)19/h2-8H,1H2,(H,22,23,24);2-6H,1,7-8H2,(H,20,21,22);2-6H,1,7H2,(H,17,18,19)/p-3. The van der Waals surface area contributed by atoms with Gasteiger partial charge in [0.2, 0.25) is 0 Å². The van der Waals surface area contributed by atoms with Crippen LogP contribution in [0.1, 0.15) is 16.7 Å². The van der Waals surface area contributed by atoms with Crippen LogP contribution in [-0.4, -0.2) is 126 Å². The van der Waals surface area contributed by atoms with Crippen molar-refractivity contribution in [3.8, 4) is 17.2 Å². The Balaban J connectivity index is 0.000000409. The highest BCUT2D eigenvalue weighted by Gasteiger charge is 2.82. The molecule has 20 nitrogen and oxygen atoms in total. The molecule has 0 bridgehead atoms. The molecule has 0 amide bonds. The lowest BCUT2D eigenvalue weighted by molar-refractivity contribution is -0.248. The van der Waals surface area contributed by atoms with E-state index in [1.165, 1.54) is 72.8 Å². The Morgan fingerprint density at radius 2 is 0.911 bits per heavy atom. The third kappa shape index (κ3) is 14.9. The van der Waals surface area contributed by atoms with E-state index in [1.807, 2.05) is 0 Å². The lowest BCUT2D eigenvalue weighted by atomic mass is 10.0. The van der Waals surface area contributed by atoms with Gasteiger partial charge in [-0.1, -0.05) is 92.6 Å². The normalized spacial score (nSPS) is 13.3. The number of ether oxygens (including phenoxy) is 3. The molecule has 0 aliphatic heterocycles. The van der Waals surface area contributed by atoms with Gasteiger partial charge in [0.15, 0.2) is 42.7 Å². The van der Waals surface area contributed by atoms with Crippen molar-refractivity contribution in [1.29, 1.82) is 0 Å². The van der Waals surface area contributed by atoms with Crippen LogP contribution in [0.15, 0.2) is 105 Å². The van der Waals surface area contributed by atoms with E-state index < -0.39 is 126 Å². The molecule has 4 aromatic rings. The van der Waals surface area contributed by atoms with Crippen LogP contribution in [0.4, 0.5) is 61.5 Å². The van der Waals surface area contributed by atoms with Crippen LogP contribution < -0.4 is 13.7 Å². The zero-order valence-corrected chi connectivity index (χ0v) is 42.1. The van der Waals surface area contributed by atoms with Crippen molar-refractivity contribution in [2.24, 2.45) is 0 Å². The number of hydrogen-bond donors (Lipinski definition) is 0. The molecule has 0 heterocycles. The lowest BCUT2D eigenvalue weighted by Crippen LogP contribution is -2.61. The fraction of sp³-hybridized carbons (Fsp3) is 0.250. The summed E-state index contributed by atoms with van der Waals surface area (Å²) in [6, 6.07) is 18.7. The molecule has 0 aliphatic carbocycles. The van der Waals surface area contributed by atoms with Crippen molar-refractivity contribution in [3.05, 3.63) is 121 Å². The second-order valence-corrected chi connectivity index (χ2v) is 21.8. The van der Waals surface area contributed by atoms with Gasteiger partial charge >= 0.3 is 70.3 Å². The Kier molecular flexibility index (Phi) is 21.3. The quantitative estimate of drug-likeness (QED) is 0.0182. The summed E-state index contributed by atoms with van der Waals surface area (Å²) >= 11 is 0. The van der Waals surface area contributed by atoms with E-state index in [1.54, 1.807) is 12.1 Å². The van der Waals surface area contributed by atoms with Gasteiger partial charge in [-0.15, -0.1) is 0 Å². The molecule has 440 valence electrons. The summed E-state index contributed by atoms with van der Waals surface area (Å²) in [4.78, 5) is 22.0. The van der Waals surface area contributed by atoms with Gasteiger partial charge in [-0.25, -0.2) is 34.8 Å². The van der Waals surface area contributed by atoms with Crippen LogP contribution in [-0.2, 0) is 69.1 Å². The number of esters is 2. The molecule has 0 aliphatic rings. The Hall–Kier alpha value is -6.49. The first kappa shape index (κ1) is 68.6. The predicted molar refractivity (Wildman–Crippen MR) is 237 cm³/mol. The van der Waals surface area contributed by atoms with Crippen LogP contribution in [0.2, 0.25) is 0 Å². The molecule has 0 N–H and O–H groups in total. The van der Waals surface area contributed by atoms with Crippen LogP contribution >= 0.6 is 0 Å². The molecule has 0 radical (unpaired) electrons. The summed E-state index contributed by atoms with van der Waals surface area (Å²) in [6.07, 6.45) is 4.29. The fourth-order valence-corrected chi connectivity index (χ4v) is 7.99. The van der Waals surface area contributed by atoms with Gasteiger partial charge in [-0.3, -0.25) is 4.18 Å². The van der Waals surface area contributed by atoms with Gasteiger partial charge in [0.25, 0.3) is 0 Å². The number of carbonyl (C=O) groups excluding carboxylic acids is 2. The van der Waals surface area contributed by atoms with Gasteiger partial charge < -0.3 is 32.1 Å². The molecule has 0 saturated heterocycles. The average molecular weight is 1260 g/mol. The molecular formula is C40H29F14O20S5-3. The monoisotopic (exact) mass is 1250 g/mol. The highest BCUT2D eigenvalue weighted by molar-refractivity contribution is 7.89. The summed E-state index contributed by atoms with van der Waals surface area (Å²) in [5, 5.41) is -32.7. The molecule has 79 heavy (non-hydrogen) atoms. The number of rotatable bonds is 23. The smallest absolute Gasteiger partial charge is 0.450 e. The van der Waals surface area contributed by atoms with Crippen molar-refractivity contribution >= 4 is 91.5 Å². The maximum absolute atomic E-state index is 13.9. The van der Waals surface area contributed by atoms with Gasteiger partial charge in [0.1, 0.15) is 24.7 Å². The summed E-state index contributed by atoms with van der Waals surface area (Å²) < 4.78 is 344. The summed E-state index contributed by atoms with van der Waals surface area (Å²) in [5.74, 6) is -18.9. The fourth-order valence-electron chi connectivity index (χ4n) is 4.90. The molecule has 39 heteroatoms. The van der Waals surface area contributed by atoms with E-state index in [0.29, 0.717) is 11.1 Å². The van der Waals surface area contributed by atoms with Crippen molar-refractivity contribution in [3.63, 3.8) is 0 Å². The van der Waals surface area contributed by atoms with E-state index in [9.17, 15) is 127 Å². The minimum absolute atomic E-state index is 0.0369. The minimum Gasteiger partial charge on any atom is -0.743 e. The Morgan fingerprint density at radius 1 is 0.494 bits per heavy atom. The average Bonchev–Trinajstić information content (AvgIpc) is 3.34. The van der Waals surface area contributed by atoms with Crippen LogP contribution in [0.3, 0.4) is 0 Å². The van der Waals surface area contributed by atoms with Crippen LogP contribution in [0.25, 0.3) is 29.0 Å². The van der Waals surface area contributed by atoms with Crippen LogP contribution in [0.5, 0.6) is 17.2 Å². The highest BCUT2D eigenvalue weighted by Crippen LogP contribution is 2.52. The third-order valence-electron chi connectivity index (χ3n) is 8.98. The van der Waals surface area contributed by atoms with E-state index in [0.717, 1.165) is 23.8 Å². The van der Waals surface area contributed by atoms with Crippen molar-refractivity contribution in [2.45, 2.75) is 38.1 Å². The highest BCUT2D eigenvalue weighted by atomic mass is 32.2. The number of alkyl halides is 14. The van der Waals surface area contributed by atoms with Crippen molar-refractivity contribution in [2.75, 3.05) is 19.8 Å². The van der Waals surface area contributed by atoms with Gasteiger partial charge in [0, 0.05) is 5.39 Å². The number of carbonyl (C=O) groups is 2. The molecule has 0 saturated carbocycles. The topological polar surface area (TPSA) is 320 Å². The SMILES string of the molecule is C=Cc1ccc(OC(=O)COC(=O)C(F)(F)S(=O)(=O)[O-])cc1.C=Cc1ccc(OCCOS(=O)(=O)C(F)(F)C(F)(F)C(F)(F)S(=O)(=O)[O-])cc1.C=Cc1ccc(OS(=O)(=O)C(F)(F)C(F)(F)C(F)(F)S(=O)(=O)[O-])c2ccccc12. The van der Waals surface area contributed by atoms with Gasteiger partial charge in [0.05, 0.1) is 0 Å². The summed E-state index contributed by atoms with van der Waals surface area (Å²) in [7, 11) is -34.6. The lowest BCUT2D eigenvalue weighted by Gasteiger charge is -2.32. The minimum atomic E-state index is -7.36. The second kappa shape index (κ2) is 24.5. The molecule has 0 spiro atoms. The van der Waals surface area contributed by atoms with Crippen molar-refractivity contribution < 1.29 is 149 Å². The maximum atomic E-state index is 13.9. The zero-order chi connectivity index (χ0) is 61.5. The van der Waals surface area contributed by atoms with E-state index in [-0.39, 0.29) is 22.3 Å². The molecule has 0 atom stereocenters. The largest absolute Gasteiger partial charge is 0.743 e. The zero-order valence-electron chi connectivity index (χ0n) is 38.1. The number of fused-ring (bicyclic) bond motifs is 1. The first-order valence-corrected chi connectivity index (χ1v) is 26.6. The Morgan fingerprint density at radius 3 is 1.32 bits per heavy atom. The first-order valence-electron chi connectivity index (χ1n) is 19.5. The van der Waals surface area contributed by atoms with Gasteiger partial charge in [-0.2, -0.15) is 78.3 Å². The van der Waals surface area contributed by atoms with E-state index in [2.05, 4.69) is 37.6 Å². The molecule has 0 aromatic heterocycles. The summed E-state index contributed by atoms with van der Waals surface area (Å²) in [6.45, 7) is 7.04. The van der Waals surface area contributed by atoms with Crippen LogP contribution in [0, 0.1) is 0 Å². The Labute approximate surface area is 436 Å². The summed E-state index contributed by atoms with van der Waals surface area (Å²) in [5.41, 5.74) is 1.76. The number of hydrogen-bond acceptors (Lipinski definition) is 20. The molecule has 4 aromatic carbocycles. The van der Waals surface area contributed by atoms with E-state index >= 15 is 0 Å². The molecular weight excluding hydrogens is 1230 g/mol. The van der Waals surface area contributed by atoms with Gasteiger partial charge in [-0.05, 0) is 52.4 Å². The number of halogens is 14. The Bertz CT molecular complexity index is 3490. The molecule has 4 rings (SSSR count). The third-order valence-corrected chi connectivity index (χ3v) is 14.2. The number of benzene rings is 4. The van der Waals surface area contributed by atoms with E-state index in [4.69, 9.17) is 4.74 Å². The predicted octanol–water partition coefficient (Wildman–Crippen LogP) is 6.89. The maximum Gasteiger partial charge on any atom is 0.450 e. The molecule has 0 fully saturated rings. The second-order valence-electron chi connectivity index (χ2n) is 14.3. The molecule has 0 unspecified atom stereocenters.